The Bertz CT molecular complexity index is 1090. The summed E-state index contributed by atoms with van der Waals surface area (Å²) in [6.07, 6.45) is 2.53. The molecule has 0 bridgehead atoms. The maximum atomic E-state index is 12.8. The first-order chi connectivity index (χ1) is 16.0. The van der Waals surface area contributed by atoms with Gasteiger partial charge in [0.1, 0.15) is 18.0 Å². The highest BCUT2D eigenvalue weighted by Crippen LogP contribution is 2.23. The van der Waals surface area contributed by atoms with Gasteiger partial charge >= 0.3 is 0 Å². The van der Waals surface area contributed by atoms with E-state index in [2.05, 4.69) is 44.3 Å². The molecule has 1 saturated heterocycles. The van der Waals surface area contributed by atoms with Gasteiger partial charge in [-0.2, -0.15) is 0 Å². The molecule has 1 atom stereocenters. The fraction of sp³-hybridized carbons (Fsp3) is 0.292. The van der Waals surface area contributed by atoms with E-state index in [4.69, 9.17) is 0 Å². The van der Waals surface area contributed by atoms with E-state index in [-0.39, 0.29) is 5.91 Å². The summed E-state index contributed by atoms with van der Waals surface area (Å²) in [6, 6.07) is 17.9. The van der Waals surface area contributed by atoms with E-state index in [1.807, 2.05) is 66.5 Å². The summed E-state index contributed by atoms with van der Waals surface area (Å²) in [5, 5.41) is 6.59. The number of hydrogen-bond donors (Lipinski definition) is 3. The highest BCUT2D eigenvalue weighted by atomic mass is 32.2. The lowest BCUT2D eigenvalue weighted by molar-refractivity contribution is 0.0783. The molecule has 172 valence electrons. The maximum Gasteiger partial charge on any atom is 0.253 e. The molecular weight excluding hydrogens is 434 g/mol. The van der Waals surface area contributed by atoms with Crippen LogP contribution in [0, 0.1) is 0 Å². The van der Waals surface area contributed by atoms with Gasteiger partial charge in [0, 0.05) is 47.0 Å². The Morgan fingerprint density at radius 3 is 2.42 bits per heavy atom. The topological polar surface area (TPSA) is 85.4 Å². The van der Waals surface area contributed by atoms with Gasteiger partial charge in [0.25, 0.3) is 5.91 Å². The van der Waals surface area contributed by atoms with Crippen LogP contribution in [0.15, 0.2) is 65.8 Å². The van der Waals surface area contributed by atoms with Gasteiger partial charge in [0.05, 0.1) is 0 Å². The van der Waals surface area contributed by atoms with E-state index in [0.717, 1.165) is 35.8 Å². The molecule has 3 aromatic rings. The van der Waals surface area contributed by atoms with Crippen molar-refractivity contribution in [2.75, 3.05) is 44.9 Å². The normalized spacial score (nSPS) is 15.6. The van der Waals surface area contributed by atoms with Crippen molar-refractivity contribution < 1.29 is 4.79 Å². The van der Waals surface area contributed by atoms with Crippen LogP contribution in [0.4, 0.5) is 23.0 Å². The molecular formula is C24H29N7OS. The zero-order valence-corrected chi connectivity index (χ0v) is 19.9. The number of hydrogen-bond acceptors (Lipinski definition) is 8. The van der Waals surface area contributed by atoms with Gasteiger partial charge in [-0.1, -0.05) is 6.07 Å². The quantitative estimate of drug-likeness (QED) is 0.433. The molecule has 2 aromatic carbocycles. The third kappa shape index (κ3) is 6.01. The smallest absolute Gasteiger partial charge is 0.253 e. The van der Waals surface area contributed by atoms with Gasteiger partial charge in [-0.3, -0.25) is 9.52 Å². The maximum absolute atomic E-state index is 12.8. The van der Waals surface area contributed by atoms with E-state index in [1.54, 1.807) is 11.9 Å². The van der Waals surface area contributed by atoms with E-state index in [9.17, 15) is 4.79 Å². The first kappa shape index (κ1) is 23.0. The molecule has 1 aromatic heterocycles. The summed E-state index contributed by atoms with van der Waals surface area (Å²) in [5.74, 6) is 1.44. The summed E-state index contributed by atoms with van der Waals surface area (Å²) >= 11 is 1.55. The summed E-state index contributed by atoms with van der Waals surface area (Å²) < 4.78 is 3.07. The predicted molar refractivity (Wildman–Crippen MR) is 134 cm³/mol. The number of amides is 1. The lowest BCUT2D eigenvalue weighted by atomic mass is 10.2. The second kappa shape index (κ2) is 10.7. The number of nitrogens with one attached hydrogen (secondary N) is 3. The van der Waals surface area contributed by atoms with Crippen molar-refractivity contribution in [1.29, 1.82) is 0 Å². The van der Waals surface area contributed by atoms with Crippen molar-refractivity contribution >= 4 is 40.9 Å². The third-order valence-electron chi connectivity index (χ3n) is 5.58. The highest BCUT2D eigenvalue weighted by molar-refractivity contribution is 7.97. The largest absolute Gasteiger partial charge is 0.340 e. The number of nitrogens with zero attached hydrogens (tertiary/aromatic N) is 4. The first-order valence-electron chi connectivity index (χ1n) is 10.9. The van der Waals surface area contributed by atoms with Gasteiger partial charge in [-0.05, 0) is 82.0 Å². The van der Waals surface area contributed by atoms with Crippen molar-refractivity contribution in [3.05, 3.63) is 66.5 Å². The van der Waals surface area contributed by atoms with Crippen LogP contribution in [0.3, 0.4) is 0 Å². The van der Waals surface area contributed by atoms with Crippen LogP contribution in [0.2, 0.25) is 0 Å². The minimum Gasteiger partial charge on any atom is -0.340 e. The number of benzene rings is 2. The van der Waals surface area contributed by atoms with Crippen molar-refractivity contribution in [1.82, 2.24) is 24.5 Å². The number of carbonyl (C=O) groups is 1. The molecule has 33 heavy (non-hydrogen) atoms. The average molecular weight is 464 g/mol. The SMILES string of the molecule is CNSc1cccc(Nc2cc(Nc3ccc(C(=O)N4CCC(N(C)C)C4)cc3)ncn2)c1. The van der Waals surface area contributed by atoms with Crippen molar-refractivity contribution in [3.8, 4) is 0 Å². The number of likely N-dealkylation sites (tertiary alicyclic amines) is 1. The van der Waals surface area contributed by atoms with Crippen LogP contribution < -0.4 is 15.4 Å². The lowest BCUT2D eigenvalue weighted by Gasteiger charge is -2.20. The second-order valence-electron chi connectivity index (χ2n) is 8.11. The minimum atomic E-state index is 0.0816. The summed E-state index contributed by atoms with van der Waals surface area (Å²) in [6.45, 7) is 1.58. The van der Waals surface area contributed by atoms with E-state index >= 15 is 0 Å². The summed E-state index contributed by atoms with van der Waals surface area (Å²) in [5.41, 5.74) is 2.50. The molecule has 0 aliphatic carbocycles. The Kier molecular flexibility index (Phi) is 7.43. The summed E-state index contributed by atoms with van der Waals surface area (Å²) in [7, 11) is 6.02. The number of anilines is 4. The summed E-state index contributed by atoms with van der Waals surface area (Å²) in [4.78, 5) is 26.7. The first-order valence-corrected chi connectivity index (χ1v) is 11.7. The third-order valence-corrected chi connectivity index (χ3v) is 6.27. The lowest BCUT2D eigenvalue weighted by Crippen LogP contribution is -2.34. The molecule has 1 unspecified atom stereocenters. The van der Waals surface area contributed by atoms with Crippen LogP contribution in [0.5, 0.6) is 0 Å². The molecule has 1 aliphatic rings. The predicted octanol–water partition coefficient (Wildman–Crippen LogP) is 3.97. The molecule has 9 heteroatoms. The number of carbonyl (C=O) groups excluding carboxylic acids is 1. The number of rotatable bonds is 8. The molecule has 1 aliphatic heterocycles. The molecule has 1 fully saturated rings. The fourth-order valence-electron chi connectivity index (χ4n) is 3.77. The van der Waals surface area contributed by atoms with Crippen LogP contribution in [0.1, 0.15) is 16.8 Å². The van der Waals surface area contributed by atoms with Crippen molar-refractivity contribution in [2.45, 2.75) is 17.4 Å². The highest BCUT2D eigenvalue weighted by Gasteiger charge is 2.27. The van der Waals surface area contributed by atoms with Crippen LogP contribution >= 0.6 is 11.9 Å². The minimum absolute atomic E-state index is 0.0816. The van der Waals surface area contributed by atoms with Crippen LogP contribution in [0.25, 0.3) is 0 Å². The number of likely N-dealkylation sites (N-methyl/N-ethyl adjacent to an activating group) is 1. The van der Waals surface area contributed by atoms with Crippen LogP contribution in [-0.4, -0.2) is 65.9 Å². The monoisotopic (exact) mass is 463 g/mol. The van der Waals surface area contributed by atoms with Gasteiger partial charge < -0.3 is 20.4 Å². The zero-order chi connectivity index (χ0) is 23.2. The Hall–Kier alpha value is -3.14. The van der Waals surface area contributed by atoms with Crippen LogP contribution in [-0.2, 0) is 0 Å². The van der Waals surface area contributed by atoms with Crippen molar-refractivity contribution in [2.24, 2.45) is 0 Å². The van der Waals surface area contributed by atoms with Crippen molar-refractivity contribution in [3.63, 3.8) is 0 Å². The molecule has 0 saturated carbocycles. The Morgan fingerprint density at radius 2 is 1.76 bits per heavy atom. The fourth-order valence-corrected chi connectivity index (χ4v) is 4.34. The van der Waals surface area contributed by atoms with Gasteiger partial charge in [-0.15, -0.1) is 0 Å². The Labute approximate surface area is 198 Å². The van der Waals surface area contributed by atoms with E-state index < -0.39 is 0 Å². The average Bonchev–Trinajstić information content (AvgIpc) is 3.31. The Morgan fingerprint density at radius 1 is 1.03 bits per heavy atom. The van der Waals surface area contributed by atoms with Gasteiger partial charge in [0.15, 0.2) is 0 Å². The van der Waals surface area contributed by atoms with Gasteiger partial charge in [-0.25, -0.2) is 9.97 Å². The second-order valence-corrected chi connectivity index (χ2v) is 9.19. The molecule has 8 nitrogen and oxygen atoms in total. The molecule has 1 amide bonds. The molecule has 3 N–H and O–H groups in total. The standard InChI is InChI=1S/C24H29N7OS/c1-25-33-21-6-4-5-19(13-21)29-23-14-22(26-16-27-23)28-18-9-7-17(8-10-18)24(32)31-12-11-20(15-31)30(2)3/h4-10,13-14,16,20,25H,11-12,15H2,1-3H3,(H2,26,27,28,29). The molecule has 2 heterocycles. The zero-order valence-electron chi connectivity index (χ0n) is 19.1. The van der Waals surface area contributed by atoms with E-state index in [0.29, 0.717) is 23.2 Å². The number of aromatic nitrogens is 2. The molecule has 4 rings (SSSR count). The van der Waals surface area contributed by atoms with E-state index in [1.165, 1.54) is 6.33 Å². The Balaban J connectivity index is 1.38. The molecule has 0 spiro atoms. The molecule has 0 radical (unpaired) electrons. The van der Waals surface area contributed by atoms with Gasteiger partial charge in [0.2, 0.25) is 0 Å².